The van der Waals surface area contributed by atoms with E-state index in [2.05, 4.69) is 10.3 Å². The zero-order chi connectivity index (χ0) is 19.8. The molecule has 1 aromatic carbocycles. The average molecular weight is 377 g/mol. The Bertz CT molecular complexity index is 996. The fourth-order valence-electron chi connectivity index (χ4n) is 2.95. The standard InChI is InChI=1S/C19H18F3N3O2/c1-11(13-10-25(2)15-7-5-4-6-12(13)15)18(26)24-14-9-23-17(19(20,21)22)8-16(14)27-3/h4-11H,1-3H3,(H,24,26). The van der Waals surface area contributed by atoms with Gasteiger partial charge < -0.3 is 14.6 Å². The third-order valence-electron chi connectivity index (χ3n) is 4.42. The molecule has 1 unspecified atom stereocenters. The van der Waals surface area contributed by atoms with Crippen LogP contribution in [0.4, 0.5) is 18.9 Å². The number of alkyl halides is 3. The molecule has 5 nitrogen and oxygen atoms in total. The van der Waals surface area contributed by atoms with Crippen LogP contribution >= 0.6 is 0 Å². The SMILES string of the molecule is COc1cc(C(F)(F)F)ncc1NC(=O)C(C)c1cn(C)c2ccccc12. The van der Waals surface area contributed by atoms with Crippen molar-refractivity contribution in [3.8, 4) is 5.75 Å². The molecular weight excluding hydrogens is 359 g/mol. The van der Waals surface area contributed by atoms with Crippen LogP contribution in [0.15, 0.2) is 42.7 Å². The third-order valence-corrected chi connectivity index (χ3v) is 4.42. The van der Waals surface area contributed by atoms with E-state index >= 15 is 0 Å². The van der Waals surface area contributed by atoms with E-state index in [-0.39, 0.29) is 17.3 Å². The molecule has 0 aliphatic rings. The van der Waals surface area contributed by atoms with Crippen molar-refractivity contribution in [1.82, 2.24) is 9.55 Å². The Morgan fingerprint density at radius 1 is 1.30 bits per heavy atom. The summed E-state index contributed by atoms with van der Waals surface area (Å²) < 4.78 is 45.3. The lowest BCUT2D eigenvalue weighted by atomic mass is 9.99. The fraction of sp³-hybridized carbons (Fsp3) is 0.263. The second-order valence-corrected chi connectivity index (χ2v) is 6.19. The molecule has 1 amide bonds. The molecule has 0 saturated carbocycles. The van der Waals surface area contributed by atoms with Crippen LogP contribution in [-0.2, 0) is 18.0 Å². The molecule has 0 aliphatic heterocycles. The number of carbonyl (C=O) groups is 1. The summed E-state index contributed by atoms with van der Waals surface area (Å²) in [5.41, 5.74) is 0.812. The third kappa shape index (κ3) is 3.60. The first-order valence-corrected chi connectivity index (χ1v) is 8.18. The fourth-order valence-corrected chi connectivity index (χ4v) is 2.95. The lowest BCUT2D eigenvalue weighted by Crippen LogP contribution is -2.20. The maximum Gasteiger partial charge on any atom is 0.433 e. The van der Waals surface area contributed by atoms with Gasteiger partial charge >= 0.3 is 6.18 Å². The number of rotatable bonds is 4. The number of anilines is 1. The van der Waals surface area contributed by atoms with Crippen molar-refractivity contribution in [2.45, 2.75) is 19.0 Å². The Labute approximate surface area is 153 Å². The van der Waals surface area contributed by atoms with Crippen molar-refractivity contribution in [3.05, 3.63) is 54.0 Å². The molecule has 8 heteroatoms. The number of amides is 1. The minimum Gasteiger partial charge on any atom is -0.494 e. The van der Waals surface area contributed by atoms with E-state index in [0.717, 1.165) is 28.7 Å². The van der Waals surface area contributed by atoms with Gasteiger partial charge in [-0.1, -0.05) is 18.2 Å². The molecule has 2 heterocycles. The van der Waals surface area contributed by atoms with Gasteiger partial charge in [0.25, 0.3) is 0 Å². The van der Waals surface area contributed by atoms with Gasteiger partial charge in [-0.05, 0) is 18.6 Å². The molecule has 3 aromatic rings. The predicted octanol–water partition coefficient (Wildman–Crippen LogP) is 4.34. The van der Waals surface area contributed by atoms with Crippen molar-refractivity contribution < 1.29 is 22.7 Å². The summed E-state index contributed by atoms with van der Waals surface area (Å²) in [6.07, 6.45) is -1.77. The summed E-state index contributed by atoms with van der Waals surface area (Å²) in [6, 6.07) is 8.44. The molecule has 0 bridgehead atoms. The van der Waals surface area contributed by atoms with E-state index in [1.807, 2.05) is 42.1 Å². The number of ether oxygens (including phenoxy) is 1. The van der Waals surface area contributed by atoms with Gasteiger partial charge in [-0.25, -0.2) is 4.98 Å². The van der Waals surface area contributed by atoms with E-state index in [0.29, 0.717) is 0 Å². The molecule has 0 fully saturated rings. The Balaban J connectivity index is 1.88. The number of hydrogen-bond acceptors (Lipinski definition) is 3. The topological polar surface area (TPSA) is 56.1 Å². The smallest absolute Gasteiger partial charge is 0.433 e. The van der Waals surface area contributed by atoms with Crippen molar-refractivity contribution in [2.24, 2.45) is 7.05 Å². The van der Waals surface area contributed by atoms with Crippen LogP contribution < -0.4 is 10.1 Å². The van der Waals surface area contributed by atoms with Gasteiger partial charge in [-0.3, -0.25) is 4.79 Å². The van der Waals surface area contributed by atoms with Crippen LogP contribution in [0.5, 0.6) is 5.75 Å². The number of para-hydroxylation sites is 1. The number of nitrogens with zero attached hydrogens (tertiary/aromatic N) is 2. The van der Waals surface area contributed by atoms with Crippen LogP contribution in [-0.4, -0.2) is 22.6 Å². The number of aromatic nitrogens is 2. The Kier molecular flexibility index (Phi) is 4.82. The monoisotopic (exact) mass is 377 g/mol. The van der Waals surface area contributed by atoms with Crippen molar-refractivity contribution in [3.63, 3.8) is 0 Å². The van der Waals surface area contributed by atoms with E-state index in [9.17, 15) is 18.0 Å². The highest BCUT2D eigenvalue weighted by Gasteiger charge is 2.33. The Hall–Kier alpha value is -3.03. The predicted molar refractivity (Wildman–Crippen MR) is 95.8 cm³/mol. The number of nitrogens with one attached hydrogen (secondary N) is 1. The number of halogens is 3. The van der Waals surface area contributed by atoms with Crippen molar-refractivity contribution in [2.75, 3.05) is 12.4 Å². The minimum absolute atomic E-state index is 0.0857. The van der Waals surface area contributed by atoms with Gasteiger partial charge in [0.15, 0.2) is 0 Å². The van der Waals surface area contributed by atoms with E-state index < -0.39 is 17.8 Å². The first-order chi connectivity index (χ1) is 12.7. The molecule has 0 aliphatic carbocycles. The number of hydrogen-bond donors (Lipinski definition) is 1. The summed E-state index contributed by atoms with van der Waals surface area (Å²) in [5.74, 6) is -0.995. The van der Waals surface area contributed by atoms with Crippen LogP contribution in [0, 0.1) is 0 Å². The number of aryl methyl sites for hydroxylation is 1. The minimum atomic E-state index is -4.59. The molecule has 142 valence electrons. The van der Waals surface area contributed by atoms with Gasteiger partial charge in [0.05, 0.1) is 19.2 Å². The first kappa shape index (κ1) is 18.8. The molecule has 0 spiro atoms. The number of methoxy groups -OCH3 is 1. The van der Waals surface area contributed by atoms with Crippen LogP contribution in [0.1, 0.15) is 24.1 Å². The van der Waals surface area contributed by atoms with Gasteiger partial charge in [-0.2, -0.15) is 13.2 Å². The lowest BCUT2D eigenvalue weighted by Gasteiger charge is -2.15. The maximum atomic E-state index is 12.8. The highest BCUT2D eigenvalue weighted by atomic mass is 19.4. The van der Waals surface area contributed by atoms with Crippen molar-refractivity contribution >= 4 is 22.5 Å². The molecule has 0 radical (unpaired) electrons. The van der Waals surface area contributed by atoms with Gasteiger partial charge in [0, 0.05) is 30.2 Å². The summed E-state index contributed by atoms with van der Waals surface area (Å²) in [6.45, 7) is 1.74. The number of carbonyl (C=O) groups excluding carboxylic acids is 1. The quantitative estimate of drug-likeness (QED) is 0.736. The second-order valence-electron chi connectivity index (χ2n) is 6.19. The first-order valence-electron chi connectivity index (χ1n) is 8.18. The lowest BCUT2D eigenvalue weighted by molar-refractivity contribution is -0.141. The second kappa shape index (κ2) is 6.94. The van der Waals surface area contributed by atoms with Crippen LogP contribution in [0.25, 0.3) is 10.9 Å². The van der Waals surface area contributed by atoms with E-state index in [1.165, 1.54) is 7.11 Å². The molecular formula is C19H18F3N3O2. The molecule has 1 N–H and O–H groups in total. The van der Waals surface area contributed by atoms with Gasteiger partial charge in [0.1, 0.15) is 17.1 Å². The Morgan fingerprint density at radius 2 is 2.00 bits per heavy atom. The Morgan fingerprint density at radius 3 is 2.67 bits per heavy atom. The molecule has 2 aromatic heterocycles. The summed E-state index contributed by atoms with van der Waals surface area (Å²) in [7, 11) is 3.12. The van der Waals surface area contributed by atoms with E-state index in [4.69, 9.17) is 4.74 Å². The summed E-state index contributed by atoms with van der Waals surface area (Å²) in [5, 5.41) is 3.55. The average Bonchev–Trinajstić information content (AvgIpc) is 2.97. The van der Waals surface area contributed by atoms with Gasteiger partial charge in [0.2, 0.25) is 5.91 Å². The highest BCUT2D eigenvalue weighted by molar-refractivity contribution is 5.99. The highest BCUT2D eigenvalue weighted by Crippen LogP contribution is 2.34. The normalized spacial score (nSPS) is 12.8. The molecule has 27 heavy (non-hydrogen) atoms. The maximum absolute atomic E-state index is 12.8. The van der Waals surface area contributed by atoms with Crippen molar-refractivity contribution in [1.29, 1.82) is 0 Å². The van der Waals surface area contributed by atoms with Crippen LogP contribution in [0.2, 0.25) is 0 Å². The number of pyridine rings is 1. The van der Waals surface area contributed by atoms with E-state index in [1.54, 1.807) is 6.92 Å². The zero-order valence-electron chi connectivity index (χ0n) is 15.0. The molecule has 0 saturated heterocycles. The number of fused-ring (bicyclic) bond motifs is 1. The summed E-state index contributed by atoms with van der Waals surface area (Å²) >= 11 is 0. The largest absolute Gasteiger partial charge is 0.494 e. The van der Waals surface area contributed by atoms with Gasteiger partial charge in [-0.15, -0.1) is 0 Å². The number of benzene rings is 1. The molecule has 3 rings (SSSR count). The molecule has 1 atom stereocenters. The summed E-state index contributed by atoms with van der Waals surface area (Å²) in [4.78, 5) is 16.1. The zero-order valence-corrected chi connectivity index (χ0v) is 15.0. The van der Waals surface area contributed by atoms with Crippen LogP contribution in [0.3, 0.4) is 0 Å².